The molecule has 156 valence electrons. The standard InChI is InChI=1S/C24H33N3O2/c1-16(2)19-7-9-21(10-8-19)27-17(3)15-22(18(27)4)24(29)26-13-11-20(12-14-26)23(28)25(5)6/h7-10,15-16,20H,11-14H2,1-6H3. The smallest absolute Gasteiger partial charge is 0.255 e. The molecule has 0 aliphatic carbocycles. The van der Waals surface area contributed by atoms with Gasteiger partial charge in [-0.15, -0.1) is 0 Å². The van der Waals surface area contributed by atoms with Gasteiger partial charge in [0.05, 0.1) is 5.56 Å². The lowest BCUT2D eigenvalue weighted by atomic mass is 9.95. The molecule has 1 saturated heterocycles. The minimum absolute atomic E-state index is 0.0287. The van der Waals surface area contributed by atoms with Crippen molar-refractivity contribution < 1.29 is 9.59 Å². The maximum absolute atomic E-state index is 13.2. The Morgan fingerprint density at radius 2 is 1.62 bits per heavy atom. The van der Waals surface area contributed by atoms with Crippen LogP contribution in [-0.2, 0) is 4.79 Å². The predicted octanol–water partition coefficient (Wildman–Crippen LogP) is 4.16. The van der Waals surface area contributed by atoms with E-state index in [0.29, 0.717) is 19.0 Å². The van der Waals surface area contributed by atoms with Gasteiger partial charge in [-0.25, -0.2) is 0 Å². The second-order valence-corrected chi connectivity index (χ2v) is 8.67. The monoisotopic (exact) mass is 395 g/mol. The maximum atomic E-state index is 13.2. The van der Waals surface area contributed by atoms with Gasteiger partial charge < -0.3 is 14.4 Å². The quantitative estimate of drug-likeness (QED) is 0.780. The topological polar surface area (TPSA) is 45.6 Å². The van der Waals surface area contributed by atoms with E-state index in [1.807, 2.05) is 24.8 Å². The van der Waals surface area contributed by atoms with Crippen LogP contribution in [0.1, 0.15) is 59.9 Å². The Kier molecular flexibility index (Phi) is 6.15. The fraction of sp³-hybridized carbons (Fsp3) is 0.500. The van der Waals surface area contributed by atoms with Gasteiger partial charge in [0.1, 0.15) is 0 Å². The van der Waals surface area contributed by atoms with Gasteiger partial charge in [0.15, 0.2) is 0 Å². The van der Waals surface area contributed by atoms with Crippen LogP contribution in [0.15, 0.2) is 30.3 Å². The molecule has 0 N–H and O–H groups in total. The molecule has 5 nitrogen and oxygen atoms in total. The number of amides is 2. The van der Waals surface area contributed by atoms with Gasteiger partial charge in [-0.05, 0) is 56.4 Å². The summed E-state index contributed by atoms with van der Waals surface area (Å²) in [7, 11) is 3.59. The van der Waals surface area contributed by atoms with E-state index in [0.717, 1.165) is 35.5 Å². The van der Waals surface area contributed by atoms with Crippen LogP contribution in [0.2, 0.25) is 0 Å². The molecular formula is C24H33N3O2. The fourth-order valence-electron chi connectivity index (χ4n) is 4.25. The number of piperidine rings is 1. The van der Waals surface area contributed by atoms with Crippen molar-refractivity contribution in [3.8, 4) is 5.69 Å². The van der Waals surface area contributed by atoms with Gasteiger partial charge in [-0.1, -0.05) is 26.0 Å². The maximum Gasteiger partial charge on any atom is 0.255 e. The summed E-state index contributed by atoms with van der Waals surface area (Å²) in [6, 6.07) is 10.6. The van der Waals surface area contributed by atoms with Gasteiger partial charge in [-0.2, -0.15) is 0 Å². The Balaban J connectivity index is 1.78. The van der Waals surface area contributed by atoms with E-state index in [4.69, 9.17) is 0 Å². The summed E-state index contributed by atoms with van der Waals surface area (Å²) in [5.41, 5.74) is 5.17. The third kappa shape index (κ3) is 4.24. The number of benzene rings is 1. The number of aryl methyl sites for hydroxylation is 1. The van der Waals surface area contributed by atoms with Crippen LogP contribution in [0.5, 0.6) is 0 Å². The van der Waals surface area contributed by atoms with Crippen LogP contribution < -0.4 is 0 Å². The average Bonchev–Trinajstić information content (AvgIpc) is 3.01. The third-order valence-corrected chi connectivity index (χ3v) is 6.05. The van der Waals surface area contributed by atoms with Gasteiger partial charge in [0, 0.05) is 50.2 Å². The molecule has 1 fully saturated rings. The highest BCUT2D eigenvalue weighted by molar-refractivity contribution is 5.96. The van der Waals surface area contributed by atoms with Crippen LogP contribution in [0, 0.1) is 19.8 Å². The van der Waals surface area contributed by atoms with Crippen LogP contribution in [-0.4, -0.2) is 53.4 Å². The van der Waals surface area contributed by atoms with E-state index in [1.165, 1.54) is 5.56 Å². The third-order valence-electron chi connectivity index (χ3n) is 6.05. The first-order chi connectivity index (χ1) is 13.7. The molecule has 0 radical (unpaired) electrons. The predicted molar refractivity (Wildman–Crippen MR) is 117 cm³/mol. The summed E-state index contributed by atoms with van der Waals surface area (Å²) in [5.74, 6) is 0.760. The van der Waals surface area contributed by atoms with E-state index in [2.05, 4.69) is 42.7 Å². The summed E-state index contributed by atoms with van der Waals surface area (Å²) in [4.78, 5) is 28.9. The van der Waals surface area contributed by atoms with Crippen LogP contribution in [0.25, 0.3) is 5.69 Å². The summed E-state index contributed by atoms with van der Waals surface area (Å²) >= 11 is 0. The molecule has 29 heavy (non-hydrogen) atoms. The first kappa shape index (κ1) is 21.2. The second kappa shape index (κ2) is 8.44. The average molecular weight is 396 g/mol. The molecule has 0 unspecified atom stereocenters. The highest BCUT2D eigenvalue weighted by Gasteiger charge is 2.30. The molecule has 1 aliphatic rings. The number of nitrogens with zero attached hydrogens (tertiary/aromatic N) is 3. The molecular weight excluding hydrogens is 362 g/mol. The van der Waals surface area contributed by atoms with Crippen LogP contribution in [0.4, 0.5) is 0 Å². The van der Waals surface area contributed by atoms with Gasteiger partial charge in [0.25, 0.3) is 5.91 Å². The number of rotatable bonds is 4. The first-order valence-electron chi connectivity index (χ1n) is 10.5. The Morgan fingerprint density at radius 1 is 1.03 bits per heavy atom. The van der Waals surface area contributed by atoms with Crippen molar-refractivity contribution in [2.75, 3.05) is 27.2 Å². The molecule has 1 aromatic carbocycles. The number of aromatic nitrogens is 1. The van der Waals surface area contributed by atoms with E-state index < -0.39 is 0 Å². The van der Waals surface area contributed by atoms with Crippen LogP contribution >= 0.6 is 0 Å². The van der Waals surface area contributed by atoms with Crippen molar-refractivity contribution in [3.63, 3.8) is 0 Å². The minimum Gasteiger partial charge on any atom is -0.349 e. The lowest BCUT2D eigenvalue weighted by Crippen LogP contribution is -2.42. The Hall–Kier alpha value is -2.56. The zero-order valence-corrected chi connectivity index (χ0v) is 18.5. The Morgan fingerprint density at radius 3 is 2.14 bits per heavy atom. The van der Waals surface area contributed by atoms with Crippen molar-refractivity contribution in [3.05, 3.63) is 52.8 Å². The molecule has 0 saturated carbocycles. The number of hydrogen-bond donors (Lipinski definition) is 0. The number of hydrogen-bond acceptors (Lipinski definition) is 2. The van der Waals surface area contributed by atoms with E-state index in [1.54, 1.807) is 19.0 Å². The molecule has 5 heteroatoms. The molecule has 0 atom stereocenters. The van der Waals surface area contributed by atoms with Gasteiger partial charge in [0.2, 0.25) is 5.91 Å². The van der Waals surface area contributed by atoms with Crippen LogP contribution in [0.3, 0.4) is 0 Å². The lowest BCUT2D eigenvalue weighted by Gasteiger charge is -2.32. The van der Waals surface area contributed by atoms with Crippen molar-refractivity contribution in [1.29, 1.82) is 0 Å². The lowest BCUT2D eigenvalue weighted by molar-refractivity contribution is -0.134. The zero-order valence-electron chi connectivity index (χ0n) is 18.5. The van der Waals surface area contributed by atoms with Gasteiger partial charge >= 0.3 is 0 Å². The molecule has 0 bridgehead atoms. The molecule has 0 spiro atoms. The van der Waals surface area contributed by atoms with E-state index >= 15 is 0 Å². The van der Waals surface area contributed by atoms with Crippen molar-refractivity contribution in [1.82, 2.24) is 14.4 Å². The normalized spacial score (nSPS) is 15.1. The van der Waals surface area contributed by atoms with E-state index in [9.17, 15) is 9.59 Å². The van der Waals surface area contributed by atoms with Crippen molar-refractivity contribution in [2.24, 2.45) is 5.92 Å². The summed E-state index contributed by atoms with van der Waals surface area (Å²) < 4.78 is 2.15. The second-order valence-electron chi connectivity index (χ2n) is 8.67. The highest BCUT2D eigenvalue weighted by atomic mass is 16.2. The summed E-state index contributed by atoms with van der Waals surface area (Å²) in [6.45, 7) is 9.70. The molecule has 3 rings (SSSR count). The molecule has 1 aliphatic heterocycles. The SMILES string of the molecule is Cc1cc(C(=O)N2CCC(C(=O)N(C)C)CC2)c(C)n1-c1ccc(C(C)C)cc1. The number of likely N-dealkylation sites (tertiary alicyclic amines) is 1. The molecule has 2 amide bonds. The molecule has 2 aromatic rings. The fourth-order valence-corrected chi connectivity index (χ4v) is 4.25. The summed E-state index contributed by atoms with van der Waals surface area (Å²) in [6.07, 6.45) is 1.47. The minimum atomic E-state index is 0.0287. The van der Waals surface area contributed by atoms with E-state index in [-0.39, 0.29) is 17.7 Å². The van der Waals surface area contributed by atoms with Gasteiger partial charge in [-0.3, -0.25) is 9.59 Å². The highest BCUT2D eigenvalue weighted by Crippen LogP contribution is 2.26. The number of carbonyl (C=O) groups is 2. The Labute approximate surface area is 174 Å². The number of carbonyl (C=O) groups excluding carboxylic acids is 2. The molecule has 2 heterocycles. The van der Waals surface area contributed by atoms with Crippen molar-refractivity contribution in [2.45, 2.75) is 46.5 Å². The summed E-state index contributed by atoms with van der Waals surface area (Å²) in [5, 5.41) is 0. The van der Waals surface area contributed by atoms with Crippen molar-refractivity contribution >= 4 is 11.8 Å². The largest absolute Gasteiger partial charge is 0.349 e. The zero-order chi connectivity index (χ0) is 21.3. The first-order valence-corrected chi connectivity index (χ1v) is 10.5. The molecule has 1 aromatic heterocycles. The Bertz CT molecular complexity index is 886.